The molecule has 1 fully saturated rings. The summed E-state index contributed by atoms with van der Waals surface area (Å²) in [6.45, 7) is 5.51. The lowest BCUT2D eigenvalue weighted by molar-refractivity contribution is 0.0826. The summed E-state index contributed by atoms with van der Waals surface area (Å²) in [5.74, 6) is 0.524. The zero-order valence-corrected chi connectivity index (χ0v) is 12.7. The summed E-state index contributed by atoms with van der Waals surface area (Å²) in [5, 5.41) is 6.46. The van der Waals surface area contributed by atoms with E-state index in [0.29, 0.717) is 12.0 Å². The van der Waals surface area contributed by atoms with Gasteiger partial charge in [-0.2, -0.15) is 0 Å². The van der Waals surface area contributed by atoms with Gasteiger partial charge in [-0.05, 0) is 43.0 Å². The number of hydrogen-bond donors (Lipinski definition) is 2. The summed E-state index contributed by atoms with van der Waals surface area (Å²) in [5.41, 5.74) is 3.31. The first-order valence-corrected chi connectivity index (χ1v) is 8.01. The fraction of sp³-hybridized carbons (Fsp3) is 0.588. The molecule has 1 amide bonds. The topological polar surface area (TPSA) is 50.4 Å². The highest BCUT2D eigenvalue weighted by Crippen LogP contribution is 2.23. The van der Waals surface area contributed by atoms with Gasteiger partial charge in [-0.3, -0.25) is 4.79 Å². The molecule has 0 radical (unpaired) electrons. The molecular weight excluding hydrogens is 264 g/mol. The minimum atomic E-state index is 0.0653. The molecule has 0 spiro atoms. The zero-order chi connectivity index (χ0) is 14.7. The smallest absolute Gasteiger partial charge is 0.251 e. The van der Waals surface area contributed by atoms with Crippen LogP contribution >= 0.6 is 0 Å². The van der Waals surface area contributed by atoms with Crippen LogP contribution in [0.1, 0.15) is 41.3 Å². The van der Waals surface area contributed by atoms with Gasteiger partial charge in [-0.15, -0.1) is 0 Å². The molecular formula is C17H24N2O2. The Kier molecular flexibility index (Phi) is 4.56. The fourth-order valence-corrected chi connectivity index (χ4v) is 3.44. The summed E-state index contributed by atoms with van der Waals surface area (Å²) in [6.07, 6.45) is 3.31. The normalized spacial score (nSPS) is 24.6. The number of amides is 1. The molecule has 4 nitrogen and oxygen atoms in total. The highest BCUT2D eigenvalue weighted by Gasteiger charge is 2.27. The van der Waals surface area contributed by atoms with E-state index < -0.39 is 0 Å². The summed E-state index contributed by atoms with van der Waals surface area (Å²) < 4.78 is 5.68. The van der Waals surface area contributed by atoms with Crippen molar-refractivity contribution >= 4 is 5.91 Å². The van der Waals surface area contributed by atoms with Crippen LogP contribution in [0.2, 0.25) is 0 Å². The lowest BCUT2D eigenvalue weighted by atomic mass is 9.94. The molecule has 2 unspecified atom stereocenters. The van der Waals surface area contributed by atoms with Crippen LogP contribution in [0.3, 0.4) is 0 Å². The second kappa shape index (κ2) is 6.58. The Bertz CT molecular complexity index is 516. The van der Waals surface area contributed by atoms with Crippen LogP contribution in [-0.2, 0) is 17.7 Å². The number of ether oxygens (including phenoxy) is 1. The second-order valence-corrected chi connectivity index (χ2v) is 5.95. The van der Waals surface area contributed by atoms with Crippen LogP contribution in [-0.4, -0.2) is 31.7 Å². The maximum atomic E-state index is 12.5. The quantitative estimate of drug-likeness (QED) is 0.889. The third-order valence-electron chi connectivity index (χ3n) is 4.66. The molecule has 4 heteroatoms. The highest BCUT2D eigenvalue weighted by atomic mass is 16.5. The third kappa shape index (κ3) is 3.11. The molecule has 21 heavy (non-hydrogen) atoms. The molecule has 114 valence electrons. The van der Waals surface area contributed by atoms with Gasteiger partial charge in [0.2, 0.25) is 0 Å². The van der Waals surface area contributed by atoms with E-state index >= 15 is 0 Å². The number of rotatable bonds is 4. The van der Waals surface area contributed by atoms with E-state index in [-0.39, 0.29) is 5.91 Å². The number of benzene rings is 1. The Balaban J connectivity index is 1.66. The van der Waals surface area contributed by atoms with E-state index in [9.17, 15) is 4.79 Å². The number of carbonyl (C=O) groups excluding carboxylic acids is 1. The van der Waals surface area contributed by atoms with E-state index in [1.54, 1.807) is 0 Å². The van der Waals surface area contributed by atoms with E-state index in [0.717, 1.165) is 51.1 Å². The Labute approximate surface area is 126 Å². The van der Waals surface area contributed by atoms with E-state index in [1.807, 2.05) is 12.1 Å². The number of fused-ring (bicyclic) bond motifs is 1. The van der Waals surface area contributed by atoms with Crippen molar-refractivity contribution in [2.45, 2.75) is 38.8 Å². The molecule has 0 bridgehead atoms. The van der Waals surface area contributed by atoms with Crippen molar-refractivity contribution in [2.24, 2.45) is 5.92 Å². The molecule has 0 aromatic heterocycles. The fourth-order valence-electron chi connectivity index (χ4n) is 3.44. The third-order valence-corrected chi connectivity index (χ3v) is 4.66. The molecule has 2 N–H and O–H groups in total. The minimum absolute atomic E-state index is 0.0653. The van der Waals surface area contributed by atoms with E-state index in [4.69, 9.17) is 4.74 Å². The van der Waals surface area contributed by atoms with Gasteiger partial charge in [-0.1, -0.05) is 19.1 Å². The van der Waals surface area contributed by atoms with Crippen molar-refractivity contribution < 1.29 is 9.53 Å². The lowest BCUT2D eigenvalue weighted by Gasteiger charge is -2.21. The van der Waals surface area contributed by atoms with Crippen LogP contribution in [0.25, 0.3) is 0 Å². The maximum Gasteiger partial charge on any atom is 0.251 e. The zero-order valence-electron chi connectivity index (χ0n) is 12.7. The molecule has 0 saturated carbocycles. The molecule has 2 heterocycles. The predicted octanol–water partition coefficient (Wildman–Crippen LogP) is 1.88. The lowest BCUT2D eigenvalue weighted by Crippen LogP contribution is -2.34. The number of carbonyl (C=O) groups is 1. The molecule has 2 atom stereocenters. The first kappa shape index (κ1) is 14.5. The molecule has 2 aliphatic rings. The summed E-state index contributed by atoms with van der Waals surface area (Å²) in [7, 11) is 0. The SMILES string of the molecule is CCC1OCCC1CNC(=O)c1cccc2c1CCNC2. The Hall–Kier alpha value is -1.39. The van der Waals surface area contributed by atoms with Crippen molar-refractivity contribution in [3.63, 3.8) is 0 Å². The van der Waals surface area contributed by atoms with Gasteiger partial charge >= 0.3 is 0 Å². The van der Waals surface area contributed by atoms with Crippen LogP contribution in [0.4, 0.5) is 0 Å². The van der Waals surface area contributed by atoms with Gasteiger partial charge in [-0.25, -0.2) is 0 Å². The monoisotopic (exact) mass is 288 g/mol. The average molecular weight is 288 g/mol. The van der Waals surface area contributed by atoms with Crippen LogP contribution in [0, 0.1) is 5.92 Å². The molecule has 2 aliphatic heterocycles. The first-order chi connectivity index (χ1) is 10.3. The average Bonchev–Trinajstić information content (AvgIpc) is 2.99. The summed E-state index contributed by atoms with van der Waals surface area (Å²) in [4.78, 5) is 12.5. The largest absolute Gasteiger partial charge is 0.378 e. The second-order valence-electron chi connectivity index (χ2n) is 5.95. The highest BCUT2D eigenvalue weighted by molar-refractivity contribution is 5.96. The standard InChI is InChI=1S/C17H24N2O2/c1-2-16-13(7-9-21-16)11-19-17(20)15-5-3-4-12-10-18-8-6-14(12)15/h3-5,13,16,18H,2,6-11H2,1H3,(H,19,20). The van der Waals surface area contributed by atoms with Gasteiger partial charge in [0.05, 0.1) is 6.10 Å². The van der Waals surface area contributed by atoms with E-state index in [2.05, 4.69) is 23.6 Å². The Morgan fingerprint density at radius 3 is 3.24 bits per heavy atom. The van der Waals surface area contributed by atoms with Crippen molar-refractivity contribution in [1.29, 1.82) is 0 Å². The molecule has 1 saturated heterocycles. The predicted molar refractivity (Wildman–Crippen MR) is 82.3 cm³/mol. The number of hydrogen-bond acceptors (Lipinski definition) is 3. The number of nitrogens with one attached hydrogen (secondary N) is 2. The van der Waals surface area contributed by atoms with Crippen molar-refractivity contribution in [1.82, 2.24) is 10.6 Å². The van der Waals surface area contributed by atoms with Gasteiger partial charge in [0.1, 0.15) is 0 Å². The minimum Gasteiger partial charge on any atom is -0.378 e. The van der Waals surface area contributed by atoms with Crippen LogP contribution in [0.15, 0.2) is 18.2 Å². The Morgan fingerprint density at radius 2 is 2.38 bits per heavy atom. The van der Waals surface area contributed by atoms with Crippen LogP contribution < -0.4 is 10.6 Å². The summed E-state index contributed by atoms with van der Waals surface area (Å²) in [6, 6.07) is 6.03. The Morgan fingerprint density at radius 1 is 1.48 bits per heavy atom. The van der Waals surface area contributed by atoms with Crippen molar-refractivity contribution in [3.05, 3.63) is 34.9 Å². The van der Waals surface area contributed by atoms with Crippen LogP contribution in [0.5, 0.6) is 0 Å². The molecule has 3 rings (SSSR count). The summed E-state index contributed by atoms with van der Waals surface area (Å²) >= 11 is 0. The maximum absolute atomic E-state index is 12.5. The molecule has 1 aromatic rings. The van der Waals surface area contributed by atoms with Gasteiger partial charge in [0.25, 0.3) is 5.91 Å². The molecule has 0 aliphatic carbocycles. The van der Waals surface area contributed by atoms with Gasteiger partial charge < -0.3 is 15.4 Å². The van der Waals surface area contributed by atoms with Crippen molar-refractivity contribution in [3.8, 4) is 0 Å². The molecule has 1 aromatic carbocycles. The van der Waals surface area contributed by atoms with Crippen molar-refractivity contribution in [2.75, 3.05) is 19.7 Å². The first-order valence-electron chi connectivity index (χ1n) is 8.01. The van der Waals surface area contributed by atoms with Gasteiger partial charge in [0, 0.05) is 31.2 Å². The van der Waals surface area contributed by atoms with Gasteiger partial charge in [0.15, 0.2) is 0 Å². The van der Waals surface area contributed by atoms with E-state index in [1.165, 1.54) is 11.1 Å².